The molecule has 20 heavy (non-hydrogen) atoms. The Bertz CT molecular complexity index is 439. The van der Waals surface area contributed by atoms with E-state index in [1.165, 1.54) is 42.3 Å². The Kier molecular flexibility index (Phi) is 6.17. The second kappa shape index (κ2) is 7.45. The lowest BCUT2D eigenvalue weighted by atomic mass is 10.1. The Hall–Kier alpha value is 0.190. The van der Waals surface area contributed by atoms with E-state index in [1.807, 2.05) is 0 Å². The zero-order valence-electron chi connectivity index (χ0n) is 11.5. The highest BCUT2D eigenvalue weighted by molar-refractivity contribution is 9.15. The number of halogens is 2. The predicted octanol–water partition coefficient (Wildman–Crippen LogP) is 4.41. The Balaban J connectivity index is 1.86. The first-order valence-electron chi connectivity index (χ1n) is 7.14. The second-order valence-corrected chi connectivity index (χ2v) is 9.26. The molecule has 1 fully saturated rings. The van der Waals surface area contributed by atoms with E-state index in [-0.39, 0.29) is 21.9 Å². The van der Waals surface area contributed by atoms with Crippen LogP contribution in [0.4, 0.5) is 0 Å². The second-order valence-electron chi connectivity index (χ2n) is 5.20. The van der Waals surface area contributed by atoms with Crippen molar-refractivity contribution < 1.29 is 9.59 Å². The highest BCUT2D eigenvalue weighted by Crippen LogP contribution is 2.51. The lowest BCUT2D eigenvalue weighted by Gasteiger charge is -2.15. The smallest absolute Gasteiger partial charge is 0.258 e. The number of carbonyl (C=O) groups excluding carboxylic acids is 2. The van der Waals surface area contributed by atoms with Gasteiger partial charge in [0.05, 0.1) is 19.5 Å². The third kappa shape index (κ3) is 3.33. The van der Waals surface area contributed by atoms with Gasteiger partial charge in [-0.05, 0) is 22.4 Å². The molecule has 0 N–H and O–H groups in total. The van der Waals surface area contributed by atoms with Gasteiger partial charge in [-0.2, -0.15) is 0 Å². The minimum Gasteiger partial charge on any atom is -0.278 e. The molecule has 0 saturated carbocycles. The van der Waals surface area contributed by atoms with E-state index in [1.54, 1.807) is 0 Å². The number of likely N-dealkylation sites (tertiary alicyclic amines) is 1. The molecule has 2 atom stereocenters. The van der Waals surface area contributed by atoms with Crippen molar-refractivity contribution in [3.63, 3.8) is 0 Å². The molecule has 2 aliphatic heterocycles. The summed E-state index contributed by atoms with van der Waals surface area (Å²) in [5, 5.41) is 0. The molecule has 0 aromatic heterocycles. The number of alkyl halides is 1. The number of thioether (sulfide) groups is 1. The van der Waals surface area contributed by atoms with Crippen molar-refractivity contribution in [1.82, 2.24) is 4.90 Å². The minimum absolute atomic E-state index is 0.0159. The molecule has 2 rings (SSSR count). The van der Waals surface area contributed by atoms with E-state index in [0.29, 0.717) is 12.1 Å². The van der Waals surface area contributed by atoms with E-state index in [2.05, 4.69) is 38.8 Å². The largest absolute Gasteiger partial charge is 0.278 e. The van der Waals surface area contributed by atoms with Crippen molar-refractivity contribution in [1.29, 1.82) is 0 Å². The van der Waals surface area contributed by atoms with Crippen LogP contribution in [0.15, 0.2) is 9.39 Å². The van der Waals surface area contributed by atoms with Gasteiger partial charge in [-0.3, -0.25) is 14.5 Å². The quantitative estimate of drug-likeness (QED) is 0.345. The van der Waals surface area contributed by atoms with Crippen LogP contribution in [0.1, 0.15) is 45.4 Å². The van der Waals surface area contributed by atoms with Gasteiger partial charge in [0, 0.05) is 6.54 Å². The van der Waals surface area contributed by atoms with Crippen LogP contribution in [0.2, 0.25) is 0 Å². The Morgan fingerprint density at radius 3 is 2.45 bits per heavy atom. The highest BCUT2D eigenvalue weighted by Gasteiger charge is 2.51. The molecule has 0 radical (unpaired) electrons. The van der Waals surface area contributed by atoms with Crippen LogP contribution in [-0.4, -0.2) is 27.4 Å². The molecule has 2 unspecified atom stereocenters. The van der Waals surface area contributed by atoms with Crippen LogP contribution in [0.5, 0.6) is 0 Å². The summed E-state index contributed by atoms with van der Waals surface area (Å²) in [7, 11) is 0. The molecule has 0 aromatic carbocycles. The fourth-order valence-corrected chi connectivity index (χ4v) is 6.36. The van der Waals surface area contributed by atoms with E-state index < -0.39 is 0 Å². The zero-order chi connectivity index (χ0) is 14.7. The molecular weight excluding hydrogens is 406 g/mol. The first kappa shape index (κ1) is 16.6. The van der Waals surface area contributed by atoms with Gasteiger partial charge in [-0.1, -0.05) is 55.0 Å². The number of unbranched alkanes of at least 4 members (excludes halogenated alkanes) is 5. The summed E-state index contributed by atoms with van der Waals surface area (Å²) in [4.78, 5) is 26.1. The van der Waals surface area contributed by atoms with Crippen LogP contribution >= 0.6 is 43.6 Å². The maximum absolute atomic E-state index is 12.3. The number of imide groups is 1. The average molecular weight is 425 g/mol. The van der Waals surface area contributed by atoms with Crippen molar-refractivity contribution >= 4 is 55.4 Å². The van der Waals surface area contributed by atoms with Crippen molar-refractivity contribution in [2.24, 2.45) is 5.92 Å². The van der Waals surface area contributed by atoms with Gasteiger partial charge in [0.2, 0.25) is 5.91 Å². The average Bonchev–Trinajstić information content (AvgIpc) is 2.84. The topological polar surface area (TPSA) is 37.4 Å². The lowest BCUT2D eigenvalue weighted by Crippen LogP contribution is -2.33. The molecule has 0 bridgehead atoms. The van der Waals surface area contributed by atoms with Crippen LogP contribution in [0.25, 0.3) is 0 Å². The summed E-state index contributed by atoms with van der Waals surface area (Å²) < 4.78 is 0.797. The molecule has 3 nitrogen and oxygen atoms in total. The maximum Gasteiger partial charge on any atom is 0.258 e. The third-order valence-corrected chi connectivity index (χ3v) is 6.75. The molecular formula is C14H19Br2NO2S. The van der Waals surface area contributed by atoms with Gasteiger partial charge in [0.1, 0.15) is 0 Å². The number of carbonyl (C=O) groups is 2. The summed E-state index contributed by atoms with van der Waals surface area (Å²) >= 11 is 8.39. The van der Waals surface area contributed by atoms with Gasteiger partial charge < -0.3 is 0 Å². The summed E-state index contributed by atoms with van der Waals surface area (Å²) in [6.45, 7) is 2.76. The molecule has 2 aliphatic rings. The van der Waals surface area contributed by atoms with Gasteiger partial charge in [-0.15, -0.1) is 11.8 Å². The Morgan fingerprint density at radius 1 is 1.15 bits per heavy atom. The number of nitrogens with zero attached hydrogens (tertiary/aromatic N) is 1. The first-order chi connectivity index (χ1) is 9.57. The normalized spacial score (nSPS) is 25.9. The van der Waals surface area contributed by atoms with Gasteiger partial charge >= 0.3 is 0 Å². The van der Waals surface area contributed by atoms with Gasteiger partial charge in [0.15, 0.2) is 0 Å². The molecule has 0 aromatic rings. The predicted molar refractivity (Wildman–Crippen MR) is 89.8 cm³/mol. The first-order valence-corrected chi connectivity index (χ1v) is 9.72. The van der Waals surface area contributed by atoms with E-state index in [4.69, 9.17) is 0 Å². The van der Waals surface area contributed by atoms with Crippen molar-refractivity contribution in [2.75, 3.05) is 6.54 Å². The molecule has 0 spiro atoms. The Labute approximate surface area is 141 Å². The standard InChI is InChI=1S/C14H19Br2NO2S/c1-2-3-4-5-6-7-8-17-13(18)9-10(14(17)19)12(16)20-11(9)15/h9,11H,2-8H2,1H3. The van der Waals surface area contributed by atoms with Gasteiger partial charge in [-0.25, -0.2) is 0 Å². The number of hydrogen-bond donors (Lipinski definition) is 0. The number of amides is 2. The molecule has 112 valence electrons. The van der Waals surface area contributed by atoms with Crippen LogP contribution < -0.4 is 0 Å². The maximum atomic E-state index is 12.3. The number of hydrogen-bond acceptors (Lipinski definition) is 3. The van der Waals surface area contributed by atoms with E-state index in [9.17, 15) is 9.59 Å². The van der Waals surface area contributed by atoms with Crippen molar-refractivity contribution in [3.05, 3.63) is 9.39 Å². The fourth-order valence-electron chi connectivity index (χ4n) is 2.61. The van der Waals surface area contributed by atoms with E-state index >= 15 is 0 Å². The van der Waals surface area contributed by atoms with Crippen molar-refractivity contribution in [3.8, 4) is 0 Å². The highest BCUT2D eigenvalue weighted by atomic mass is 79.9. The lowest BCUT2D eigenvalue weighted by molar-refractivity contribution is -0.138. The SMILES string of the molecule is CCCCCCCCN1C(=O)C2=C(Br)SC(Br)C2C1=O. The molecule has 1 saturated heterocycles. The number of fused-ring (bicyclic) bond motifs is 1. The van der Waals surface area contributed by atoms with E-state index in [0.717, 1.165) is 16.7 Å². The van der Waals surface area contributed by atoms with Crippen LogP contribution in [0.3, 0.4) is 0 Å². The Morgan fingerprint density at radius 2 is 1.80 bits per heavy atom. The fraction of sp³-hybridized carbons (Fsp3) is 0.714. The monoisotopic (exact) mass is 423 g/mol. The zero-order valence-corrected chi connectivity index (χ0v) is 15.5. The molecule has 2 heterocycles. The van der Waals surface area contributed by atoms with Gasteiger partial charge in [0.25, 0.3) is 5.91 Å². The van der Waals surface area contributed by atoms with Crippen LogP contribution in [0, 0.1) is 5.92 Å². The number of rotatable bonds is 7. The third-order valence-electron chi connectivity index (χ3n) is 3.74. The summed E-state index contributed by atoms with van der Waals surface area (Å²) in [5.74, 6) is -0.445. The molecule has 2 amide bonds. The summed E-state index contributed by atoms with van der Waals surface area (Å²) in [5.41, 5.74) is 0.646. The molecule has 6 heteroatoms. The molecule has 0 aliphatic carbocycles. The van der Waals surface area contributed by atoms with Crippen molar-refractivity contribution in [2.45, 2.75) is 49.6 Å². The minimum atomic E-state index is -0.304. The summed E-state index contributed by atoms with van der Waals surface area (Å²) in [6, 6.07) is 0. The summed E-state index contributed by atoms with van der Waals surface area (Å²) in [6.07, 6.45) is 6.95. The van der Waals surface area contributed by atoms with Crippen LogP contribution in [-0.2, 0) is 9.59 Å².